The Bertz CT molecular complexity index is 463. The molecule has 0 aliphatic carbocycles. The van der Waals surface area contributed by atoms with E-state index in [0.717, 1.165) is 31.7 Å². The first-order chi connectivity index (χ1) is 8.79. The van der Waals surface area contributed by atoms with E-state index in [-0.39, 0.29) is 11.4 Å². The molecule has 3 heteroatoms. The Morgan fingerprint density at radius 2 is 2.00 bits per heavy atom. The molecule has 0 radical (unpaired) electrons. The van der Waals surface area contributed by atoms with E-state index in [1.165, 1.54) is 12.8 Å². The molecule has 1 aromatic carbocycles. The Labute approximate surface area is 107 Å². The van der Waals surface area contributed by atoms with Crippen LogP contribution in [-0.4, -0.2) is 36.2 Å². The Balaban J connectivity index is 1.63. The molecule has 0 amide bonds. The van der Waals surface area contributed by atoms with Crippen molar-refractivity contribution in [1.29, 1.82) is 0 Å². The van der Waals surface area contributed by atoms with Gasteiger partial charge >= 0.3 is 0 Å². The molecular weight excluding hydrogens is 229 g/mol. The van der Waals surface area contributed by atoms with E-state index >= 15 is 0 Å². The maximum atomic E-state index is 13.8. The fourth-order valence-corrected chi connectivity index (χ4v) is 3.97. The van der Waals surface area contributed by atoms with Crippen LogP contribution in [0.2, 0.25) is 0 Å². The highest BCUT2D eigenvalue weighted by atomic mass is 19.1. The number of benzene rings is 1. The first-order valence-electron chi connectivity index (χ1n) is 6.91. The van der Waals surface area contributed by atoms with Gasteiger partial charge in [-0.05, 0) is 49.9 Å². The van der Waals surface area contributed by atoms with Crippen LogP contribution < -0.4 is 0 Å². The van der Waals surface area contributed by atoms with Gasteiger partial charge in [-0.25, -0.2) is 4.39 Å². The first kappa shape index (κ1) is 10.9. The number of rotatable bonds is 2. The Hall–Kier alpha value is -0.930. The molecule has 4 heterocycles. The van der Waals surface area contributed by atoms with Crippen molar-refractivity contribution in [1.82, 2.24) is 4.90 Å². The standard InChI is InChI=1S/C15H18FNO/c16-13-4-2-1-3-11(13)9-14-15(10-18-15)12-5-7-17(14)8-6-12/h1-4,12,14H,5-10H2/t14-,15-/m0/s1. The first-order valence-corrected chi connectivity index (χ1v) is 6.91. The molecule has 5 rings (SSSR count). The zero-order valence-corrected chi connectivity index (χ0v) is 10.4. The van der Waals surface area contributed by atoms with E-state index in [2.05, 4.69) is 4.90 Å². The van der Waals surface area contributed by atoms with E-state index in [0.29, 0.717) is 12.0 Å². The highest BCUT2D eigenvalue weighted by Crippen LogP contribution is 2.51. The van der Waals surface area contributed by atoms with Gasteiger partial charge in [0.05, 0.1) is 6.61 Å². The molecule has 0 aromatic heterocycles. The van der Waals surface area contributed by atoms with Gasteiger partial charge in [-0.3, -0.25) is 4.90 Å². The van der Waals surface area contributed by atoms with Gasteiger partial charge in [-0.15, -0.1) is 0 Å². The van der Waals surface area contributed by atoms with Crippen LogP contribution in [0.5, 0.6) is 0 Å². The molecule has 4 aliphatic heterocycles. The number of halogens is 1. The van der Waals surface area contributed by atoms with Crippen molar-refractivity contribution in [3.8, 4) is 0 Å². The largest absolute Gasteiger partial charge is 0.368 e. The molecule has 2 nitrogen and oxygen atoms in total. The summed E-state index contributed by atoms with van der Waals surface area (Å²) in [6.07, 6.45) is 3.31. The van der Waals surface area contributed by atoms with Crippen molar-refractivity contribution < 1.29 is 9.13 Å². The van der Waals surface area contributed by atoms with Crippen molar-refractivity contribution in [2.45, 2.75) is 30.9 Å². The molecule has 0 N–H and O–H groups in total. The van der Waals surface area contributed by atoms with Crippen LogP contribution >= 0.6 is 0 Å². The predicted octanol–water partition coefficient (Wildman–Crippen LogP) is 2.23. The van der Waals surface area contributed by atoms with E-state index in [9.17, 15) is 4.39 Å². The summed E-state index contributed by atoms with van der Waals surface area (Å²) in [5.74, 6) is 0.634. The van der Waals surface area contributed by atoms with Gasteiger partial charge in [0, 0.05) is 6.04 Å². The number of hydrogen-bond donors (Lipinski definition) is 0. The van der Waals surface area contributed by atoms with Crippen molar-refractivity contribution in [3.63, 3.8) is 0 Å². The van der Waals surface area contributed by atoms with Crippen LogP contribution in [0.4, 0.5) is 4.39 Å². The number of epoxide rings is 1. The number of piperidine rings is 3. The van der Waals surface area contributed by atoms with E-state index in [1.54, 1.807) is 12.1 Å². The van der Waals surface area contributed by atoms with Crippen LogP contribution in [0.1, 0.15) is 18.4 Å². The third-order valence-electron chi connectivity index (χ3n) is 5.07. The minimum Gasteiger partial charge on any atom is -0.368 e. The van der Waals surface area contributed by atoms with Gasteiger partial charge in [0.15, 0.2) is 0 Å². The summed E-state index contributed by atoms with van der Waals surface area (Å²) >= 11 is 0. The lowest BCUT2D eigenvalue weighted by atomic mass is 9.72. The Morgan fingerprint density at radius 1 is 1.28 bits per heavy atom. The molecule has 1 aromatic rings. The topological polar surface area (TPSA) is 15.8 Å². The number of nitrogens with zero attached hydrogens (tertiary/aromatic N) is 1. The van der Waals surface area contributed by atoms with Crippen molar-refractivity contribution >= 4 is 0 Å². The lowest BCUT2D eigenvalue weighted by Crippen LogP contribution is -2.61. The van der Waals surface area contributed by atoms with Gasteiger partial charge in [0.1, 0.15) is 11.4 Å². The van der Waals surface area contributed by atoms with Crippen molar-refractivity contribution in [3.05, 3.63) is 35.6 Å². The third kappa shape index (κ3) is 1.47. The highest BCUT2D eigenvalue weighted by molar-refractivity contribution is 5.23. The second-order valence-electron chi connectivity index (χ2n) is 5.87. The molecule has 4 fully saturated rings. The van der Waals surface area contributed by atoms with Crippen LogP contribution in [-0.2, 0) is 11.2 Å². The quantitative estimate of drug-likeness (QED) is 0.745. The minimum absolute atomic E-state index is 0.0682. The summed E-state index contributed by atoms with van der Waals surface area (Å²) in [7, 11) is 0. The molecule has 18 heavy (non-hydrogen) atoms. The molecule has 1 spiro atoms. The summed E-state index contributed by atoms with van der Waals surface area (Å²) in [5.41, 5.74) is 0.906. The summed E-state index contributed by atoms with van der Waals surface area (Å²) in [6, 6.07) is 7.55. The normalized spacial score (nSPS) is 41.3. The minimum atomic E-state index is -0.0732. The SMILES string of the molecule is Fc1ccccc1C[C@@H]1N2CCC(CC2)[C@@]12CO2. The molecular formula is C15H18FNO. The fourth-order valence-electron chi connectivity index (χ4n) is 3.97. The van der Waals surface area contributed by atoms with Crippen molar-refractivity contribution in [2.75, 3.05) is 19.7 Å². The Morgan fingerprint density at radius 3 is 2.67 bits per heavy atom. The zero-order valence-electron chi connectivity index (χ0n) is 10.4. The second-order valence-corrected chi connectivity index (χ2v) is 5.87. The van der Waals surface area contributed by atoms with Gasteiger partial charge < -0.3 is 4.74 Å². The second kappa shape index (κ2) is 3.78. The average Bonchev–Trinajstić information content (AvgIpc) is 3.18. The van der Waals surface area contributed by atoms with Crippen LogP contribution in [0.3, 0.4) is 0 Å². The monoisotopic (exact) mass is 247 g/mol. The van der Waals surface area contributed by atoms with E-state index < -0.39 is 0 Å². The van der Waals surface area contributed by atoms with Crippen molar-refractivity contribution in [2.24, 2.45) is 5.92 Å². The van der Waals surface area contributed by atoms with Gasteiger partial charge in [0.2, 0.25) is 0 Å². The smallest absolute Gasteiger partial charge is 0.126 e. The summed E-state index contributed by atoms with van der Waals surface area (Å²) < 4.78 is 19.6. The average molecular weight is 247 g/mol. The molecule has 2 bridgehead atoms. The number of fused-ring (bicyclic) bond motifs is 2. The molecule has 4 aliphatic rings. The van der Waals surface area contributed by atoms with Gasteiger partial charge in [0.25, 0.3) is 0 Å². The van der Waals surface area contributed by atoms with E-state index in [1.807, 2.05) is 12.1 Å². The lowest BCUT2D eigenvalue weighted by Gasteiger charge is -2.50. The zero-order chi connectivity index (χ0) is 12.2. The highest BCUT2D eigenvalue weighted by Gasteiger charge is 2.62. The molecule has 4 saturated heterocycles. The van der Waals surface area contributed by atoms with Crippen LogP contribution in [0.15, 0.2) is 24.3 Å². The van der Waals surface area contributed by atoms with Crippen LogP contribution in [0, 0.1) is 11.7 Å². The van der Waals surface area contributed by atoms with Crippen LogP contribution in [0.25, 0.3) is 0 Å². The molecule has 96 valence electrons. The maximum absolute atomic E-state index is 13.8. The van der Waals surface area contributed by atoms with Gasteiger partial charge in [-0.1, -0.05) is 18.2 Å². The van der Waals surface area contributed by atoms with E-state index in [4.69, 9.17) is 4.74 Å². The third-order valence-corrected chi connectivity index (χ3v) is 5.07. The molecule has 0 saturated carbocycles. The molecule has 2 atom stereocenters. The predicted molar refractivity (Wildman–Crippen MR) is 66.9 cm³/mol. The maximum Gasteiger partial charge on any atom is 0.126 e. The summed E-state index contributed by atoms with van der Waals surface area (Å²) in [5, 5.41) is 0. The molecule has 0 unspecified atom stereocenters. The number of ether oxygens (including phenoxy) is 1. The van der Waals surface area contributed by atoms with Gasteiger partial charge in [-0.2, -0.15) is 0 Å². The summed E-state index contributed by atoms with van der Waals surface area (Å²) in [6.45, 7) is 3.21. The number of hydrogen-bond acceptors (Lipinski definition) is 2. The lowest BCUT2D eigenvalue weighted by molar-refractivity contribution is -0.0319. The fraction of sp³-hybridized carbons (Fsp3) is 0.600. The summed E-state index contributed by atoms with van der Waals surface area (Å²) in [4.78, 5) is 2.51. The Kier molecular flexibility index (Phi) is 2.30.